The summed E-state index contributed by atoms with van der Waals surface area (Å²) in [5.41, 5.74) is -0.187. The van der Waals surface area contributed by atoms with Gasteiger partial charge in [-0.25, -0.2) is 4.39 Å². The third-order valence-corrected chi connectivity index (χ3v) is 3.99. The Balaban J connectivity index is 2.36. The van der Waals surface area contributed by atoms with Crippen LogP contribution in [0.1, 0.15) is 26.6 Å². The predicted octanol–water partition coefficient (Wildman–Crippen LogP) is 3.31. The van der Waals surface area contributed by atoms with E-state index in [4.69, 9.17) is 0 Å². The van der Waals surface area contributed by atoms with Crippen LogP contribution in [0.25, 0.3) is 11.1 Å². The third kappa shape index (κ3) is 4.07. The van der Waals surface area contributed by atoms with E-state index in [2.05, 4.69) is 30.7 Å². The largest absolute Gasteiger partial charge is 0.493 e. The van der Waals surface area contributed by atoms with Crippen molar-refractivity contribution < 1.29 is 9.50 Å². The Morgan fingerprint density at radius 2 is 2.10 bits per heavy atom. The number of benzene rings is 1. The zero-order valence-corrected chi connectivity index (χ0v) is 12.9. The lowest BCUT2D eigenvalue weighted by Gasteiger charge is -2.17. The second-order valence-electron chi connectivity index (χ2n) is 5.62. The fraction of sp³-hybridized carbons (Fsp3) is 0.333. The van der Waals surface area contributed by atoms with Crippen LogP contribution >= 0.6 is 11.8 Å². The van der Waals surface area contributed by atoms with E-state index >= 15 is 0 Å². The number of nitrogens with one attached hydrogen (secondary N) is 1. The van der Waals surface area contributed by atoms with Gasteiger partial charge in [0.15, 0.2) is 0 Å². The van der Waals surface area contributed by atoms with E-state index in [0.29, 0.717) is 17.1 Å². The van der Waals surface area contributed by atoms with Crippen LogP contribution in [0.2, 0.25) is 0 Å². The molecule has 1 heterocycles. The molecule has 0 saturated heterocycles. The maximum absolute atomic E-state index is 13.2. The molecule has 6 heteroatoms. The Kier molecular flexibility index (Phi) is 4.37. The van der Waals surface area contributed by atoms with Crippen molar-refractivity contribution in [3.63, 3.8) is 0 Å². The Hall–Kier alpha value is -1.82. The zero-order chi connectivity index (χ0) is 15.6. The molecular weight excluding hydrogens is 291 g/mol. The van der Waals surface area contributed by atoms with Gasteiger partial charge >= 0.3 is 0 Å². The lowest BCUT2D eigenvalue weighted by atomic mass is 10.1. The number of halogens is 1. The topological polar surface area (TPSA) is 66.0 Å². The van der Waals surface area contributed by atoms with E-state index in [1.54, 1.807) is 17.8 Å². The van der Waals surface area contributed by atoms with Crippen molar-refractivity contribution in [1.29, 1.82) is 0 Å². The monoisotopic (exact) mass is 308 g/mol. The zero-order valence-electron chi connectivity index (χ0n) is 12.1. The fourth-order valence-corrected chi connectivity index (χ4v) is 2.47. The number of hydrogen-bond acceptors (Lipinski definition) is 4. The Morgan fingerprint density at radius 3 is 2.67 bits per heavy atom. The highest BCUT2D eigenvalue weighted by atomic mass is 32.2. The van der Waals surface area contributed by atoms with Crippen LogP contribution in [-0.4, -0.2) is 19.8 Å². The van der Waals surface area contributed by atoms with E-state index in [1.807, 2.05) is 0 Å². The smallest absolute Gasteiger partial charge is 0.262 e. The van der Waals surface area contributed by atoms with E-state index in [-0.39, 0.29) is 16.2 Å². The molecule has 1 aromatic carbocycles. The highest BCUT2D eigenvalue weighted by molar-refractivity contribution is 7.99. The third-order valence-electron chi connectivity index (χ3n) is 2.70. The van der Waals surface area contributed by atoms with Gasteiger partial charge in [0.25, 0.3) is 5.56 Å². The molecule has 0 fully saturated rings. The van der Waals surface area contributed by atoms with Crippen molar-refractivity contribution in [2.24, 2.45) is 0 Å². The van der Waals surface area contributed by atoms with Crippen LogP contribution in [0, 0.1) is 5.82 Å². The molecule has 1 aromatic heterocycles. The van der Waals surface area contributed by atoms with Gasteiger partial charge in [-0.05, 0) is 17.7 Å². The molecule has 112 valence electrons. The van der Waals surface area contributed by atoms with E-state index in [9.17, 15) is 14.3 Å². The Bertz CT molecular complexity index is 708. The van der Waals surface area contributed by atoms with Crippen LogP contribution < -0.4 is 5.56 Å². The van der Waals surface area contributed by atoms with Crippen LogP contribution in [-0.2, 0) is 5.75 Å². The van der Waals surface area contributed by atoms with Gasteiger partial charge in [0, 0.05) is 4.75 Å². The molecule has 0 amide bonds. The Labute approximate surface area is 126 Å². The number of hydrogen-bond donors (Lipinski definition) is 2. The molecule has 2 N–H and O–H groups in total. The van der Waals surface area contributed by atoms with Crippen LogP contribution in [0.15, 0.2) is 29.1 Å². The summed E-state index contributed by atoms with van der Waals surface area (Å²) >= 11 is 1.60. The summed E-state index contributed by atoms with van der Waals surface area (Å²) in [6.07, 6.45) is 0. The van der Waals surface area contributed by atoms with Crippen molar-refractivity contribution in [3.8, 4) is 17.0 Å². The summed E-state index contributed by atoms with van der Waals surface area (Å²) in [5, 5.41) is 9.98. The molecule has 2 aromatic rings. The first-order valence-electron chi connectivity index (χ1n) is 6.48. The SMILES string of the molecule is CC(C)(C)SCc1nc(O)c(-c2cccc(F)c2)c(=O)[nH]1. The summed E-state index contributed by atoms with van der Waals surface area (Å²) in [6, 6.07) is 5.50. The molecule has 2 rings (SSSR count). The summed E-state index contributed by atoms with van der Waals surface area (Å²) in [6.45, 7) is 6.16. The van der Waals surface area contributed by atoms with Crippen LogP contribution in [0.5, 0.6) is 5.88 Å². The number of rotatable bonds is 3. The highest BCUT2D eigenvalue weighted by Gasteiger charge is 2.16. The molecule has 0 bridgehead atoms. The molecular formula is C15H17FN2O2S. The van der Waals surface area contributed by atoms with Crippen molar-refractivity contribution in [1.82, 2.24) is 9.97 Å². The van der Waals surface area contributed by atoms with Crippen molar-refractivity contribution >= 4 is 11.8 Å². The Morgan fingerprint density at radius 1 is 1.38 bits per heavy atom. The second kappa shape index (κ2) is 5.89. The van der Waals surface area contributed by atoms with Gasteiger partial charge in [0.2, 0.25) is 5.88 Å². The number of thioether (sulfide) groups is 1. The van der Waals surface area contributed by atoms with Gasteiger partial charge in [-0.1, -0.05) is 32.9 Å². The molecule has 0 saturated carbocycles. The quantitative estimate of drug-likeness (QED) is 0.913. The second-order valence-corrected chi connectivity index (χ2v) is 7.42. The van der Waals surface area contributed by atoms with E-state index in [0.717, 1.165) is 0 Å². The van der Waals surface area contributed by atoms with Gasteiger partial charge in [0.1, 0.15) is 17.2 Å². The van der Waals surface area contributed by atoms with Gasteiger partial charge in [-0.3, -0.25) is 4.79 Å². The average Bonchev–Trinajstić information content (AvgIpc) is 2.35. The number of H-pyrrole nitrogens is 1. The molecule has 0 spiro atoms. The molecule has 0 unspecified atom stereocenters. The molecule has 21 heavy (non-hydrogen) atoms. The van der Waals surface area contributed by atoms with Gasteiger partial charge in [-0.2, -0.15) is 4.98 Å². The van der Waals surface area contributed by atoms with Crippen molar-refractivity contribution in [2.75, 3.05) is 0 Å². The van der Waals surface area contributed by atoms with E-state index in [1.165, 1.54) is 18.2 Å². The number of aromatic amines is 1. The van der Waals surface area contributed by atoms with Gasteiger partial charge in [-0.15, -0.1) is 11.8 Å². The van der Waals surface area contributed by atoms with Crippen LogP contribution in [0.4, 0.5) is 4.39 Å². The summed E-state index contributed by atoms with van der Waals surface area (Å²) in [7, 11) is 0. The van der Waals surface area contributed by atoms with Crippen molar-refractivity contribution in [3.05, 3.63) is 46.3 Å². The fourth-order valence-electron chi connectivity index (χ4n) is 1.76. The first kappa shape index (κ1) is 15.6. The lowest BCUT2D eigenvalue weighted by Crippen LogP contribution is -2.15. The number of aromatic nitrogens is 2. The molecule has 0 radical (unpaired) electrons. The summed E-state index contributed by atoms with van der Waals surface area (Å²) < 4.78 is 13.3. The maximum Gasteiger partial charge on any atom is 0.262 e. The number of nitrogens with zero attached hydrogens (tertiary/aromatic N) is 1. The first-order valence-corrected chi connectivity index (χ1v) is 7.47. The molecule has 4 nitrogen and oxygen atoms in total. The van der Waals surface area contributed by atoms with Crippen molar-refractivity contribution in [2.45, 2.75) is 31.3 Å². The maximum atomic E-state index is 13.2. The van der Waals surface area contributed by atoms with Crippen LogP contribution in [0.3, 0.4) is 0 Å². The molecule has 0 atom stereocenters. The standard InChI is InChI=1S/C15H17FN2O2S/c1-15(2,3)21-8-11-17-13(19)12(14(20)18-11)9-5-4-6-10(16)7-9/h4-7H,8H2,1-3H3,(H2,17,18,19,20). The minimum atomic E-state index is -0.474. The molecule has 0 aliphatic rings. The minimum Gasteiger partial charge on any atom is -0.493 e. The number of aromatic hydroxyl groups is 1. The normalized spacial score (nSPS) is 11.6. The average molecular weight is 308 g/mol. The minimum absolute atomic E-state index is 0.0148. The predicted molar refractivity (Wildman–Crippen MR) is 83.0 cm³/mol. The summed E-state index contributed by atoms with van der Waals surface area (Å²) in [5.74, 6) is 0.0283. The van der Waals surface area contributed by atoms with Gasteiger partial charge < -0.3 is 10.1 Å². The van der Waals surface area contributed by atoms with Gasteiger partial charge in [0.05, 0.1) is 5.75 Å². The summed E-state index contributed by atoms with van der Waals surface area (Å²) in [4.78, 5) is 18.7. The molecule has 0 aliphatic heterocycles. The highest BCUT2D eigenvalue weighted by Crippen LogP contribution is 2.28. The molecule has 0 aliphatic carbocycles. The lowest BCUT2D eigenvalue weighted by molar-refractivity contribution is 0.451. The first-order chi connectivity index (χ1) is 9.76. The van der Waals surface area contributed by atoms with E-state index < -0.39 is 11.4 Å².